The number of pyridine rings is 1. The van der Waals surface area contributed by atoms with Crippen molar-refractivity contribution in [2.24, 2.45) is 11.8 Å². The molecular weight excluding hydrogens is 274 g/mol. The van der Waals surface area contributed by atoms with E-state index >= 15 is 0 Å². The van der Waals surface area contributed by atoms with Gasteiger partial charge in [0.25, 0.3) is 0 Å². The number of aryl methyl sites for hydroxylation is 1. The maximum absolute atomic E-state index is 9.87. The Morgan fingerprint density at radius 1 is 1.41 bits per heavy atom. The number of hydrogen-bond donors (Lipinski definition) is 1. The van der Waals surface area contributed by atoms with E-state index in [-0.39, 0.29) is 0 Å². The Labute approximate surface area is 133 Å². The first-order valence-electron chi connectivity index (χ1n) is 8.58. The van der Waals surface area contributed by atoms with Gasteiger partial charge >= 0.3 is 0 Å². The van der Waals surface area contributed by atoms with Crippen molar-refractivity contribution >= 4 is 6.08 Å². The van der Waals surface area contributed by atoms with Gasteiger partial charge in [0.1, 0.15) is 5.75 Å². The minimum atomic E-state index is -0.408. The topological polar surface area (TPSA) is 42.4 Å². The Bertz CT molecular complexity index is 542. The van der Waals surface area contributed by atoms with E-state index in [1.54, 1.807) is 0 Å². The third-order valence-electron chi connectivity index (χ3n) is 4.84. The molecule has 2 aliphatic carbocycles. The van der Waals surface area contributed by atoms with Crippen LogP contribution < -0.4 is 4.74 Å². The molecule has 0 aliphatic heterocycles. The maximum Gasteiger partial charge on any atom is 0.138 e. The molecule has 1 atom stereocenters. The van der Waals surface area contributed by atoms with Crippen molar-refractivity contribution in [3.63, 3.8) is 0 Å². The fourth-order valence-corrected chi connectivity index (χ4v) is 3.78. The molecule has 1 unspecified atom stereocenters. The maximum atomic E-state index is 9.87. The van der Waals surface area contributed by atoms with Crippen molar-refractivity contribution in [2.45, 2.75) is 58.0 Å². The molecule has 1 heterocycles. The number of fused-ring (bicyclic) bond motifs is 1. The van der Waals surface area contributed by atoms with Crippen LogP contribution in [0.25, 0.3) is 6.08 Å². The van der Waals surface area contributed by atoms with Crippen LogP contribution in [-0.2, 0) is 6.42 Å². The van der Waals surface area contributed by atoms with Crippen molar-refractivity contribution in [2.75, 3.05) is 6.61 Å². The number of rotatable bonds is 5. The summed E-state index contributed by atoms with van der Waals surface area (Å²) in [6, 6.07) is 2.12. The van der Waals surface area contributed by atoms with Crippen molar-refractivity contribution in [1.29, 1.82) is 0 Å². The molecule has 2 aliphatic rings. The standard InChI is InChI=1S/C19H27NO2/c1-3-8-22-17-10-16-6-4-14(5-7-18(16)20-13-17)9-15-11-19(2,21)12-15/h4,6,10,13-15,21H,3,5,7-9,11-12H2,1-2H3. The Kier molecular flexibility index (Phi) is 4.53. The monoisotopic (exact) mass is 301 g/mol. The Balaban J connectivity index is 1.61. The van der Waals surface area contributed by atoms with E-state index in [0.717, 1.165) is 44.5 Å². The summed E-state index contributed by atoms with van der Waals surface area (Å²) in [4.78, 5) is 4.59. The highest BCUT2D eigenvalue weighted by Crippen LogP contribution is 2.42. The lowest BCUT2D eigenvalue weighted by Gasteiger charge is -2.42. The summed E-state index contributed by atoms with van der Waals surface area (Å²) in [7, 11) is 0. The van der Waals surface area contributed by atoms with E-state index < -0.39 is 5.60 Å². The highest BCUT2D eigenvalue weighted by Gasteiger charge is 2.38. The molecule has 120 valence electrons. The highest BCUT2D eigenvalue weighted by molar-refractivity contribution is 5.55. The molecule has 1 N–H and O–H groups in total. The predicted molar refractivity (Wildman–Crippen MR) is 88.8 cm³/mol. The van der Waals surface area contributed by atoms with E-state index in [9.17, 15) is 5.11 Å². The Morgan fingerprint density at radius 2 is 2.23 bits per heavy atom. The van der Waals surface area contributed by atoms with Gasteiger partial charge in [0.2, 0.25) is 0 Å². The van der Waals surface area contributed by atoms with Gasteiger partial charge in [-0.15, -0.1) is 0 Å². The van der Waals surface area contributed by atoms with Crippen LogP contribution in [0, 0.1) is 11.8 Å². The van der Waals surface area contributed by atoms with Crippen LogP contribution in [0.1, 0.15) is 57.2 Å². The van der Waals surface area contributed by atoms with Gasteiger partial charge in [-0.05, 0) is 68.9 Å². The summed E-state index contributed by atoms with van der Waals surface area (Å²) in [5.41, 5.74) is 1.98. The molecule has 0 amide bonds. The Morgan fingerprint density at radius 3 is 2.95 bits per heavy atom. The van der Waals surface area contributed by atoms with Crippen LogP contribution in [0.4, 0.5) is 0 Å². The molecule has 1 aromatic heterocycles. The molecule has 0 bridgehead atoms. The average Bonchev–Trinajstić information content (AvgIpc) is 2.65. The zero-order chi connectivity index (χ0) is 15.6. The van der Waals surface area contributed by atoms with Crippen LogP contribution in [0.15, 0.2) is 18.3 Å². The summed E-state index contributed by atoms with van der Waals surface area (Å²) >= 11 is 0. The van der Waals surface area contributed by atoms with Crippen molar-refractivity contribution in [1.82, 2.24) is 4.98 Å². The van der Waals surface area contributed by atoms with Crippen LogP contribution in [-0.4, -0.2) is 22.3 Å². The molecule has 22 heavy (non-hydrogen) atoms. The van der Waals surface area contributed by atoms with E-state index in [4.69, 9.17) is 4.74 Å². The first-order chi connectivity index (χ1) is 10.6. The van der Waals surface area contributed by atoms with Crippen molar-refractivity contribution < 1.29 is 9.84 Å². The molecule has 3 rings (SSSR count). The van der Waals surface area contributed by atoms with Crippen LogP contribution in [0.5, 0.6) is 5.75 Å². The zero-order valence-corrected chi connectivity index (χ0v) is 13.7. The number of hydrogen-bond acceptors (Lipinski definition) is 3. The van der Waals surface area contributed by atoms with Crippen molar-refractivity contribution in [3.05, 3.63) is 29.6 Å². The number of ether oxygens (including phenoxy) is 1. The van der Waals surface area contributed by atoms with Gasteiger partial charge in [-0.25, -0.2) is 0 Å². The third kappa shape index (κ3) is 3.70. The van der Waals surface area contributed by atoms with Crippen molar-refractivity contribution in [3.8, 4) is 5.75 Å². The lowest BCUT2D eigenvalue weighted by molar-refractivity contribution is -0.0623. The highest BCUT2D eigenvalue weighted by atomic mass is 16.5. The quantitative estimate of drug-likeness (QED) is 0.894. The molecule has 1 fully saturated rings. The smallest absolute Gasteiger partial charge is 0.138 e. The molecule has 0 spiro atoms. The van der Waals surface area contributed by atoms with Crippen LogP contribution in [0.3, 0.4) is 0 Å². The van der Waals surface area contributed by atoms with Gasteiger partial charge in [0.15, 0.2) is 0 Å². The fraction of sp³-hybridized carbons (Fsp3) is 0.632. The minimum absolute atomic E-state index is 0.408. The van der Waals surface area contributed by atoms with E-state index in [0.29, 0.717) is 11.8 Å². The first-order valence-corrected chi connectivity index (χ1v) is 8.58. The van der Waals surface area contributed by atoms with Gasteiger partial charge in [-0.1, -0.05) is 19.1 Å². The van der Waals surface area contributed by atoms with E-state index in [1.165, 1.54) is 17.7 Å². The minimum Gasteiger partial charge on any atom is -0.492 e. The summed E-state index contributed by atoms with van der Waals surface area (Å²) < 4.78 is 5.68. The molecule has 0 radical (unpaired) electrons. The second-order valence-corrected chi connectivity index (χ2v) is 7.22. The average molecular weight is 301 g/mol. The molecule has 0 saturated heterocycles. The lowest BCUT2D eigenvalue weighted by Crippen LogP contribution is -2.41. The lowest BCUT2D eigenvalue weighted by atomic mass is 9.68. The SMILES string of the molecule is CCCOc1cnc2c(c1)C=CC(CC1CC(C)(O)C1)CC2. The van der Waals surface area contributed by atoms with E-state index in [1.807, 2.05) is 13.1 Å². The summed E-state index contributed by atoms with van der Waals surface area (Å²) in [6.45, 7) is 4.80. The Hall–Kier alpha value is -1.35. The van der Waals surface area contributed by atoms with Gasteiger partial charge in [0, 0.05) is 5.69 Å². The third-order valence-corrected chi connectivity index (χ3v) is 4.84. The molecule has 3 heteroatoms. The largest absolute Gasteiger partial charge is 0.492 e. The second-order valence-electron chi connectivity index (χ2n) is 7.22. The summed E-state index contributed by atoms with van der Waals surface area (Å²) in [6.07, 6.45) is 12.7. The van der Waals surface area contributed by atoms with Gasteiger partial charge in [-0.3, -0.25) is 4.98 Å². The van der Waals surface area contributed by atoms with Crippen LogP contribution in [0.2, 0.25) is 0 Å². The molecule has 3 nitrogen and oxygen atoms in total. The number of aliphatic hydroxyl groups is 1. The van der Waals surface area contributed by atoms with Gasteiger partial charge in [0.05, 0.1) is 18.4 Å². The first kappa shape index (κ1) is 15.5. The number of aromatic nitrogens is 1. The molecule has 1 saturated carbocycles. The zero-order valence-electron chi connectivity index (χ0n) is 13.7. The molecular formula is C19H27NO2. The van der Waals surface area contributed by atoms with Gasteiger partial charge < -0.3 is 9.84 Å². The molecule has 0 aromatic carbocycles. The van der Waals surface area contributed by atoms with Gasteiger partial charge in [-0.2, -0.15) is 0 Å². The van der Waals surface area contributed by atoms with Crippen LogP contribution >= 0.6 is 0 Å². The summed E-state index contributed by atoms with van der Waals surface area (Å²) in [5.74, 6) is 2.16. The summed E-state index contributed by atoms with van der Waals surface area (Å²) in [5, 5.41) is 9.87. The number of allylic oxidation sites excluding steroid dienone is 1. The van der Waals surface area contributed by atoms with E-state index in [2.05, 4.69) is 30.1 Å². The number of nitrogens with zero attached hydrogens (tertiary/aromatic N) is 1. The molecule has 1 aromatic rings. The normalized spacial score (nSPS) is 30.3. The second kappa shape index (κ2) is 6.41. The fourth-order valence-electron chi connectivity index (χ4n) is 3.78. The predicted octanol–water partition coefficient (Wildman–Crippen LogP) is 4.00.